The number of rotatable bonds is 6. The summed E-state index contributed by atoms with van der Waals surface area (Å²) < 4.78 is 30.4. The molecule has 0 heterocycles. The van der Waals surface area contributed by atoms with Gasteiger partial charge < -0.3 is 4.18 Å². The Morgan fingerprint density at radius 2 is 0.931 bits per heavy atom. The second-order valence-electron chi connectivity index (χ2n) is 6.25. The zero-order chi connectivity index (χ0) is 20.1. The summed E-state index contributed by atoms with van der Waals surface area (Å²) in [4.78, 5) is 3.53. The van der Waals surface area contributed by atoms with Crippen LogP contribution < -0.4 is 4.18 Å². The lowest BCUT2D eigenvalue weighted by Gasteiger charge is -2.09. The second-order valence-corrected chi connectivity index (χ2v) is 9.83. The van der Waals surface area contributed by atoms with Crippen molar-refractivity contribution in [3.63, 3.8) is 0 Å². The maximum atomic E-state index is 12.6. The number of hydrogen-bond acceptors (Lipinski definition) is 3. The summed E-state index contributed by atoms with van der Waals surface area (Å²) in [6, 6.07) is 35.9. The van der Waals surface area contributed by atoms with Crippen molar-refractivity contribution in [2.75, 3.05) is 0 Å². The van der Waals surface area contributed by atoms with E-state index in [1.54, 1.807) is 36.4 Å². The van der Waals surface area contributed by atoms with Crippen LogP contribution >= 0.6 is 0 Å². The molecule has 5 heteroatoms. The van der Waals surface area contributed by atoms with Crippen molar-refractivity contribution in [3.8, 4) is 5.75 Å². The molecule has 4 rings (SSSR count). The monoisotopic (exact) mass is 419 g/mol. The molecule has 0 aliphatic rings. The van der Waals surface area contributed by atoms with E-state index >= 15 is 0 Å². The van der Waals surface area contributed by atoms with Crippen molar-refractivity contribution in [2.24, 2.45) is 0 Å². The van der Waals surface area contributed by atoms with Crippen LogP contribution in [0, 0.1) is 0 Å². The summed E-state index contributed by atoms with van der Waals surface area (Å²) >= 11 is 0. The molecule has 4 aromatic carbocycles. The molecule has 0 fully saturated rings. The lowest BCUT2D eigenvalue weighted by atomic mass is 10.3. The molecular weight excluding hydrogens is 400 g/mol. The maximum absolute atomic E-state index is 12.6. The van der Waals surface area contributed by atoms with Gasteiger partial charge in [0.05, 0.1) is 10.9 Å². The van der Waals surface area contributed by atoms with Crippen LogP contribution in [0.15, 0.2) is 135 Å². The fourth-order valence-electron chi connectivity index (χ4n) is 2.91. The Hall–Kier alpha value is -3.02. The highest BCUT2D eigenvalue weighted by atomic mass is 32.2. The van der Waals surface area contributed by atoms with Crippen LogP contribution in [-0.4, -0.2) is 8.42 Å². The predicted octanol–water partition coefficient (Wildman–Crippen LogP) is 5.55. The standard InChI is InChI=1S/C24H19O3S2/c25-29(26,27-20-10-4-1-5-11-20)24-18-16-23(17-19-24)28(21-12-6-2-7-13-21)22-14-8-3-9-15-22/h1-19H/q+1. The van der Waals surface area contributed by atoms with Crippen LogP contribution in [0.3, 0.4) is 0 Å². The van der Waals surface area contributed by atoms with Crippen LogP contribution in [0.2, 0.25) is 0 Å². The Morgan fingerprint density at radius 3 is 1.41 bits per heavy atom. The van der Waals surface area contributed by atoms with Crippen molar-refractivity contribution in [1.82, 2.24) is 0 Å². The molecule has 0 saturated carbocycles. The SMILES string of the molecule is O=S(=O)(Oc1ccccc1)c1ccc([S+](c2ccccc2)c2ccccc2)cc1. The average Bonchev–Trinajstić information content (AvgIpc) is 2.76. The Kier molecular flexibility index (Phi) is 5.69. The molecule has 4 aromatic rings. The van der Waals surface area contributed by atoms with Gasteiger partial charge in [-0.15, -0.1) is 0 Å². The fraction of sp³-hybridized carbons (Fsp3) is 0. The predicted molar refractivity (Wildman–Crippen MR) is 116 cm³/mol. The highest BCUT2D eigenvalue weighted by Crippen LogP contribution is 2.31. The summed E-state index contributed by atoms with van der Waals surface area (Å²) in [6.45, 7) is 0. The molecule has 144 valence electrons. The van der Waals surface area contributed by atoms with Gasteiger partial charge in [-0.3, -0.25) is 0 Å². The van der Waals surface area contributed by atoms with Crippen molar-refractivity contribution in [1.29, 1.82) is 0 Å². The minimum Gasteiger partial charge on any atom is -0.379 e. The van der Waals surface area contributed by atoms with Crippen molar-refractivity contribution in [2.45, 2.75) is 19.6 Å². The molecule has 29 heavy (non-hydrogen) atoms. The molecular formula is C24H19O3S2+. The highest BCUT2D eigenvalue weighted by molar-refractivity contribution is 7.97. The zero-order valence-electron chi connectivity index (χ0n) is 15.5. The summed E-state index contributed by atoms with van der Waals surface area (Å²) in [5, 5.41) is 0. The summed E-state index contributed by atoms with van der Waals surface area (Å²) in [7, 11) is -4.21. The Morgan fingerprint density at radius 1 is 0.517 bits per heavy atom. The van der Waals surface area contributed by atoms with E-state index in [-0.39, 0.29) is 15.8 Å². The molecule has 0 aliphatic heterocycles. The van der Waals surface area contributed by atoms with Gasteiger partial charge in [0.15, 0.2) is 14.7 Å². The first kappa shape index (κ1) is 19.3. The van der Waals surface area contributed by atoms with E-state index in [0.29, 0.717) is 5.75 Å². The van der Waals surface area contributed by atoms with Crippen LogP contribution in [0.1, 0.15) is 0 Å². The molecule has 0 unspecified atom stereocenters. The van der Waals surface area contributed by atoms with E-state index < -0.39 is 10.1 Å². The third-order valence-electron chi connectivity index (χ3n) is 4.26. The summed E-state index contributed by atoms with van der Waals surface area (Å²) in [6.07, 6.45) is 0. The molecule has 0 aliphatic carbocycles. The maximum Gasteiger partial charge on any atom is 0.339 e. The van der Waals surface area contributed by atoms with Gasteiger partial charge in [0.1, 0.15) is 10.6 Å². The van der Waals surface area contributed by atoms with Crippen LogP contribution in [0.5, 0.6) is 5.75 Å². The third kappa shape index (κ3) is 4.53. The largest absolute Gasteiger partial charge is 0.379 e. The normalized spacial score (nSPS) is 11.3. The first-order valence-electron chi connectivity index (χ1n) is 9.07. The van der Waals surface area contributed by atoms with Gasteiger partial charge in [-0.2, -0.15) is 8.42 Å². The van der Waals surface area contributed by atoms with Gasteiger partial charge in [0.25, 0.3) is 0 Å². The van der Waals surface area contributed by atoms with Gasteiger partial charge >= 0.3 is 10.1 Å². The Labute approximate surface area is 174 Å². The molecule has 0 saturated heterocycles. The topological polar surface area (TPSA) is 43.4 Å². The van der Waals surface area contributed by atoms with E-state index in [1.165, 1.54) is 9.79 Å². The molecule has 0 spiro atoms. The molecule has 0 N–H and O–H groups in total. The summed E-state index contributed by atoms with van der Waals surface area (Å²) in [5.41, 5.74) is 0. The van der Waals surface area contributed by atoms with E-state index in [0.717, 1.165) is 4.90 Å². The van der Waals surface area contributed by atoms with E-state index in [2.05, 4.69) is 24.3 Å². The quantitative estimate of drug-likeness (QED) is 0.304. The Balaban J connectivity index is 1.68. The van der Waals surface area contributed by atoms with Crippen molar-refractivity contribution < 1.29 is 12.6 Å². The van der Waals surface area contributed by atoms with Crippen LogP contribution in [-0.2, 0) is 21.0 Å². The molecule has 0 amide bonds. The first-order valence-corrected chi connectivity index (χ1v) is 11.7. The zero-order valence-corrected chi connectivity index (χ0v) is 17.1. The van der Waals surface area contributed by atoms with Gasteiger partial charge in [0.2, 0.25) is 0 Å². The van der Waals surface area contributed by atoms with E-state index in [1.807, 2.05) is 54.6 Å². The van der Waals surface area contributed by atoms with Crippen LogP contribution in [0.4, 0.5) is 0 Å². The minimum atomic E-state index is -3.88. The van der Waals surface area contributed by atoms with Crippen molar-refractivity contribution in [3.05, 3.63) is 115 Å². The van der Waals surface area contributed by atoms with E-state index in [4.69, 9.17) is 4.18 Å². The molecule has 3 nitrogen and oxygen atoms in total. The van der Waals surface area contributed by atoms with Crippen LogP contribution in [0.25, 0.3) is 0 Å². The lowest BCUT2D eigenvalue weighted by Crippen LogP contribution is -2.10. The highest BCUT2D eigenvalue weighted by Gasteiger charge is 2.29. The van der Waals surface area contributed by atoms with Crippen molar-refractivity contribution >= 4 is 21.0 Å². The van der Waals surface area contributed by atoms with Gasteiger partial charge in [-0.1, -0.05) is 54.6 Å². The number of benzene rings is 4. The molecule has 0 aromatic heterocycles. The van der Waals surface area contributed by atoms with Gasteiger partial charge in [-0.25, -0.2) is 0 Å². The minimum absolute atomic E-state index is 0.134. The fourth-order valence-corrected chi connectivity index (χ4v) is 5.93. The smallest absolute Gasteiger partial charge is 0.339 e. The van der Waals surface area contributed by atoms with Gasteiger partial charge in [-0.05, 0) is 60.7 Å². The number of para-hydroxylation sites is 1. The van der Waals surface area contributed by atoms with Gasteiger partial charge in [0, 0.05) is 0 Å². The summed E-state index contributed by atoms with van der Waals surface area (Å²) in [5.74, 6) is 0.296. The molecule has 0 radical (unpaired) electrons. The molecule has 0 atom stereocenters. The first-order chi connectivity index (χ1) is 14.1. The van der Waals surface area contributed by atoms with E-state index in [9.17, 15) is 8.42 Å². The lowest BCUT2D eigenvalue weighted by molar-refractivity contribution is 0.486. The second kappa shape index (κ2) is 8.55. The number of hydrogen-bond donors (Lipinski definition) is 0. The molecule has 0 bridgehead atoms. The average molecular weight is 420 g/mol. The Bertz CT molecular complexity index is 1120. The third-order valence-corrected chi connectivity index (χ3v) is 7.75.